The topological polar surface area (TPSA) is 71.4 Å². The summed E-state index contributed by atoms with van der Waals surface area (Å²) in [5, 5.41) is 8.31. The molecule has 0 radical (unpaired) electrons. The van der Waals surface area contributed by atoms with Crippen molar-refractivity contribution in [2.24, 2.45) is 0 Å². The minimum absolute atomic E-state index is 0.182. The molecule has 1 saturated heterocycles. The predicted molar refractivity (Wildman–Crippen MR) is 63.8 cm³/mol. The van der Waals surface area contributed by atoms with E-state index in [0.29, 0.717) is 12.0 Å². The molecule has 0 spiro atoms. The van der Waals surface area contributed by atoms with E-state index in [9.17, 15) is 13.2 Å². The lowest BCUT2D eigenvalue weighted by Crippen LogP contribution is -2.21. The van der Waals surface area contributed by atoms with Gasteiger partial charge in [0.05, 0.1) is 16.6 Å². The quantitative estimate of drug-likeness (QED) is 0.876. The van der Waals surface area contributed by atoms with Crippen LogP contribution in [0.4, 0.5) is 0 Å². The van der Waals surface area contributed by atoms with Crippen LogP contribution in [0, 0.1) is 0 Å². The molecule has 1 N–H and O–H groups in total. The lowest BCUT2D eigenvalue weighted by Gasteiger charge is -2.22. The first kappa shape index (κ1) is 12.1. The third-order valence-corrected chi connectivity index (χ3v) is 5.34. The molecule has 92 valence electrons. The van der Waals surface area contributed by atoms with Crippen LogP contribution in [0.2, 0.25) is 0 Å². The molecule has 0 saturated carbocycles. The molecule has 1 atom stereocenters. The molecule has 0 aromatic heterocycles. The van der Waals surface area contributed by atoms with Crippen molar-refractivity contribution in [1.29, 1.82) is 0 Å². The highest BCUT2D eigenvalue weighted by atomic mass is 32.2. The predicted octanol–water partition coefficient (Wildman–Crippen LogP) is 2.02. The Labute approximate surface area is 100 Å². The Bertz CT molecular complexity index is 516. The van der Waals surface area contributed by atoms with Crippen LogP contribution in [0.3, 0.4) is 0 Å². The molecule has 0 amide bonds. The van der Waals surface area contributed by atoms with Crippen molar-refractivity contribution in [1.82, 2.24) is 0 Å². The zero-order valence-electron chi connectivity index (χ0n) is 9.30. The summed E-state index contributed by atoms with van der Waals surface area (Å²) in [6.45, 7) is 0. The second-order valence-electron chi connectivity index (χ2n) is 4.28. The first-order valence-corrected chi connectivity index (χ1v) is 7.27. The van der Waals surface area contributed by atoms with Crippen LogP contribution < -0.4 is 0 Å². The minimum atomic E-state index is -3.06. The third-order valence-electron chi connectivity index (χ3n) is 3.11. The zero-order valence-corrected chi connectivity index (χ0v) is 10.1. The van der Waals surface area contributed by atoms with Gasteiger partial charge in [0.2, 0.25) is 0 Å². The van der Waals surface area contributed by atoms with E-state index in [1.54, 1.807) is 12.1 Å². The number of hydrogen-bond acceptors (Lipinski definition) is 3. The highest BCUT2D eigenvalue weighted by Gasteiger charge is 2.30. The number of benzene rings is 1. The molecular formula is C12H14O4S. The van der Waals surface area contributed by atoms with E-state index in [1.807, 2.05) is 0 Å². The summed E-state index contributed by atoms with van der Waals surface area (Å²) >= 11 is 0. The van der Waals surface area contributed by atoms with Crippen molar-refractivity contribution in [3.63, 3.8) is 0 Å². The van der Waals surface area contributed by atoms with E-state index in [0.717, 1.165) is 12.8 Å². The van der Waals surface area contributed by atoms with Gasteiger partial charge >= 0.3 is 5.97 Å². The Kier molecular flexibility index (Phi) is 3.19. The fourth-order valence-corrected chi connectivity index (χ4v) is 4.16. The molecule has 1 aromatic carbocycles. The summed E-state index contributed by atoms with van der Waals surface area (Å²) in [5.41, 5.74) is 0.886. The fraction of sp³-hybridized carbons (Fsp3) is 0.417. The molecule has 0 bridgehead atoms. The largest absolute Gasteiger partial charge is 0.478 e. The van der Waals surface area contributed by atoms with Crippen LogP contribution in [0.5, 0.6) is 0 Å². The highest BCUT2D eigenvalue weighted by Crippen LogP contribution is 2.33. The number of carbonyl (C=O) groups is 1. The summed E-state index contributed by atoms with van der Waals surface area (Å²) in [4.78, 5) is 10.7. The Balaban J connectivity index is 2.30. The summed E-state index contributed by atoms with van der Waals surface area (Å²) in [7, 11) is -3.06. The van der Waals surface area contributed by atoms with Crippen molar-refractivity contribution >= 4 is 15.8 Å². The van der Waals surface area contributed by atoms with E-state index in [1.165, 1.54) is 12.1 Å². The number of carboxylic acids is 1. The molecule has 2 rings (SSSR count). The Hall–Kier alpha value is -1.36. The van der Waals surface area contributed by atoms with E-state index in [4.69, 9.17) is 5.11 Å². The smallest absolute Gasteiger partial charge is 0.335 e. The molecule has 1 fully saturated rings. The lowest BCUT2D eigenvalue weighted by atomic mass is 10.0. The van der Waals surface area contributed by atoms with Crippen molar-refractivity contribution < 1.29 is 18.3 Å². The van der Waals surface area contributed by atoms with Gasteiger partial charge in [-0.15, -0.1) is 0 Å². The van der Waals surface area contributed by atoms with Crippen molar-refractivity contribution in [3.8, 4) is 0 Å². The fourth-order valence-electron chi connectivity index (χ4n) is 2.17. The molecule has 1 heterocycles. The average Bonchev–Trinajstić information content (AvgIpc) is 2.28. The first-order chi connectivity index (χ1) is 8.00. The van der Waals surface area contributed by atoms with Gasteiger partial charge in [-0.1, -0.05) is 18.6 Å². The van der Waals surface area contributed by atoms with Crippen molar-refractivity contribution in [2.75, 3.05) is 5.75 Å². The van der Waals surface area contributed by atoms with Gasteiger partial charge in [0.1, 0.15) is 0 Å². The van der Waals surface area contributed by atoms with Gasteiger partial charge in [-0.05, 0) is 30.5 Å². The zero-order chi connectivity index (χ0) is 12.5. The normalized spacial score (nSPS) is 23.2. The van der Waals surface area contributed by atoms with E-state index in [-0.39, 0.29) is 11.3 Å². The van der Waals surface area contributed by atoms with Crippen LogP contribution in [-0.4, -0.2) is 25.2 Å². The van der Waals surface area contributed by atoms with Crippen molar-refractivity contribution in [2.45, 2.75) is 24.5 Å². The van der Waals surface area contributed by atoms with E-state index >= 15 is 0 Å². The maximum absolute atomic E-state index is 11.9. The van der Waals surface area contributed by atoms with E-state index in [2.05, 4.69) is 0 Å². The average molecular weight is 254 g/mol. The molecule has 4 nitrogen and oxygen atoms in total. The molecule has 1 unspecified atom stereocenters. The van der Waals surface area contributed by atoms with Gasteiger partial charge in [0.25, 0.3) is 0 Å². The summed E-state index contributed by atoms with van der Waals surface area (Å²) in [6, 6.07) is 6.14. The molecule has 1 aliphatic heterocycles. The maximum atomic E-state index is 11.9. The van der Waals surface area contributed by atoms with Gasteiger partial charge < -0.3 is 5.11 Å². The van der Waals surface area contributed by atoms with E-state index < -0.39 is 21.1 Å². The van der Waals surface area contributed by atoms with Gasteiger partial charge in [0.15, 0.2) is 9.84 Å². The molecule has 5 heteroatoms. The van der Waals surface area contributed by atoms with Gasteiger partial charge in [-0.2, -0.15) is 0 Å². The number of hydrogen-bond donors (Lipinski definition) is 1. The molecular weight excluding hydrogens is 240 g/mol. The second kappa shape index (κ2) is 4.49. The SMILES string of the molecule is O=C(O)c1ccc(C2CCCCS2(=O)=O)cc1. The highest BCUT2D eigenvalue weighted by molar-refractivity contribution is 7.91. The minimum Gasteiger partial charge on any atom is -0.478 e. The molecule has 0 aliphatic carbocycles. The van der Waals surface area contributed by atoms with Crippen LogP contribution in [0.15, 0.2) is 24.3 Å². The molecule has 1 aromatic rings. The summed E-state index contributed by atoms with van der Waals surface area (Å²) < 4.78 is 23.8. The number of aromatic carboxylic acids is 1. The molecule has 17 heavy (non-hydrogen) atoms. The van der Waals surface area contributed by atoms with Crippen LogP contribution >= 0.6 is 0 Å². The van der Waals surface area contributed by atoms with Crippen LogP contribution in [-0.2, 0) is 9.84 Å². The Morgan fingerprint density at radius 2 is 1.82 bits per heavy atom. The van der Waals surface area contributed by atoms with Crippen LogP contribution in [0.1, 0.15) is 40.4 Å². The maximum Gasteiger partial charge on any atom is 0.335 e. The van der Waals surface area contributed by atoms with Crippen molar-refractivity contribution in [3.05, 3.63) is 35.4 Å². The third kappa shape index (κ3) is 2.49. The monoisotopic (exact) mass is 254 g/mol. The standard InChI is InChI=1S/C12H14O4S/c13-12(14)10-6-4-9(5-7-10)11-3-1-2-8-17(11,15)16/h4-7,11H,1-3,8H2,(H,13,14). The Morgan fingerprint density at radius 3 is 2.35 bits per heavy atom. The van der Waals surface area contributed by atoms with Gasteiger partial charge in [-0.3, -0.25) is 0 Å². The van der Waals surface area contributed by atoms with Gasteiger partial charge in [-0.25, -0.2) is 13.2 Å². The second-order valence-corrected chi connectivity index (χ2v) is 6.58. The first-order valence-electron chi connectivity index (χ1n) is 5.55. The molecule has 1 aliphatic rings. The number of carboxylic acid groups (broad SMARTS) is 1. The number of sulfone groups is 1. The summed E-state index contributed by atoms with van der Waals surface area (Å²) in [5.74, 6) is -0.763. The summed E-state index contributed by atoms with van der Waals surface area (Å²) in [6.07, 6.45) is 2.27. The van der Waals surface area contributed by atoms with Gasteiger partial charge in [0, 0.05) is 0 Å². The Morgan fingerprint density at radius 1 is 1.18 bits per heavy atom. The van der Waals surface area contributed by atoms with Crippen LogP contribution in [0.25, 0.3) is 0 Å². The number of rotatable bonds is 2. The lowest BCUT2D eigenvalue weighted by molar-refractivity contribution is 0.0697.